The fourth-order valence-corrected chi connectivity index (χ4v) is 4.04. The molecule has 32 heavy (non-hydrogen) atoms. The number of hydrogen-bond donors (Lipinski definition) is 2. The van der Waals surface area contributed by atoms with Crippen LogP contribution in [0.5, 0.6) is 0 Å². The summed E-state index contributed by atoms with van der Waals surface area (Å²) in [5, 5.41) is 7.20. The van der Waals surface area contributed by atoms with Crippen molar-refractivity contribution in [3.63, 3.8) is 0 Å². The Balaban J connectivity index is 0.00000512. The molecule has 0 spiro atoms. The standard InChI is InChI=1S/C24H41N5O2.HI/c1-6-25-23(28(5)18-22(30)29(7-2)8-3)26-19-24(14-16-31-17-15-24)27-20(4)21-12-10-9-11-13-21;/h9-13,20,27H,6-8,14-19H2,1-5H3,(H,25,26);1H. The molecule has 0 saturated carbocycles. The van der Waals surface area contributed by atoms with E-state index < -0.39 is 0 Å². The van der Waals surface area contributed by atoms with Crippen molar-refractivity contribution in [3.05, 3.63) is 35.9 Å². The van der Waals surface area contributed by atoms with Crippen LogP contribution >= 0.6 is 24.0 Å². The lowest BCUT2D eigenvalue weighted by Gasteiger charge is -2.40. The van der Waals surface area contributed by atoms with Gasteiger partial charge in [-0.2, -0.15) is 0 Å². The molecule has 1 unspecified atom stereocenters. The van der Waals surface area contributed by atoms with Gasteiger partial charge in [-0.25, -0.2) is 0 Å². The van der Waals surface area contributed by atoms with Gasteiger partial charge in [0.1, 0.15) is 0 Å². The first-order chi connectivity index (χ1) is 14.9. The number of guanidine groups is 1. The number of carbonyl (C=O) groups excluding carboxylic acids is 1. The van der Waals surface area contributed by atoms with Crippen LogP contribution in [-0.4, -0.2) is 80.2 Å². The number of nitrogens with zero attached hydrogens (tertiary/aromatic N) is 3. The number of aliphatic imine (C=N–C) groups is 1. The smallest absolute Gasteiger partial charge is 0.242 e. The molecule has 1 aromatic carbocycles. The van der Waals surface area contributed by atoms with Crippen molar-refractivity contribution >= 4 is 35.8 Å². The first-order valence-electron chi connectivity index (χ1n) is 11.6. The summed E-state index contributed by atoms with van der Waals surface area (Å²) in [4.78, 5) is 21.3. The minimum Gasteiger partial charge on any atom is -0.381 e. The van der Waals surface area contributed by atoms with Crippen molar-refractivity contribution < 1.29 is 9.53 Å². The van der Waals surface area contributed by atoms with E-state index in [0.29, 0.717) is 13.1 Å². The fourth-order valence-electron chi connectivity index (χ4n) is 4.04. The topological polar surface area (TPSA) is 69.2 Å². The molecule has 1 heterocycles. The Bertz CT molecular complexity index is 691. The van der Waals surface area contributed by atoms with Gasteiger partial charge in [0.25, 0.3) is 0 Å². The Labute approximate surface area is 211 Å². The summed E-state index contributed by atoms with van der Waals surface area (Å²) in [6.07, 6.45) is 1.82. The second-order valence-corrected chi connectivity index (χ2v) is 8.26. The Morgan fingerprint density at radius 2 is 1.78 bits per heavy atom. The minimum absolute atomic E-state index is 0. The van der Waals surface area contributed by atoms with Gasteiger partial charge in [0.15, 0.2) is 5.96 Å². The molecule has 1 fully saturated rings. The number of benzene rings is 1. The molecule has 1 atom stereocenters. The van der Waals surface area contributed by atoms with Crippen molar-refractivity contribution in [2.75, 3.05) is 53.0 Å². The van der Waals surface area contributed by atoms with E-state index in [2.05, 4.69) is 48.7 Å². The van der Waals surface area contributed by atoms with Crippen LogP contribution in [-0.2, 0) is 9.53 Å². The molecule has 0 aromatic heterocycles. The average Bonchev–Trinajstić information content (AvgIpc) is 2.78. The Morgan fingerprint density at radius 3 is 2.34 bits per heavy atom. The molecule has 1 saturated heterocycles. The van der Waals surface area contributed by atoms with Crippen molar-refractivity contribution in [1.82, 2.24) is 20.4 Å². The number of carbonyl (C=O) groups is 1. The molecule has 1 amide bonds. The Hall–Kier alpha value is -1.39. The molecule has 0 aliphatic carbocycles. The van der Waals surface area contributed by atoms with E-state index in [4.69, 9.17) is 9.73 Å². The first-order valence-corrected chi connectivity index (χ1v) is 11.6. The summed E-state index contributed by atoms with van der Waals surface area (Å²) < 4.78 is 5.65. The van der Waals surface area contributed by atoms with E-state index in [1.807, 2.05) is 36.8 Å². The largest absolute Gasteiger partial charge is 0.381 e. The van der Waals surface area contributed by atoms with Crippen LogP contribution in [0, 0.1) is 0 Å². The van der Waals surface area contributed by atoms with E-state index in [0.717, 1.165) is 51.6 Å². The van der Waals surface area contributed by atoms with Crippen molar-refractivity contribution in [2.24, 2.45) is 4.99 Å². The molecule has 182 valence electrons. The van der Waals surface area contributed by atoms with Crippen LogP contribution in [0.2, 0.25) is 0 Å². The lowest BCUT2D eigenvalue weighted by Crippen LogP contribution is -2.53. The lowest BCUT2D eigenvalue weighted by atomic mass is 9.88. The molecule has 1 aromatic rings. The highest BCUT2D eigenvalue weighted by atomic mass is 127. The lowest BCUT2D eigenvalue weighted by molar-refractivity contribution is -0.131. The predicted octanol–water partition coefficient (Wildman–Crippen LogP) is 3.27. The maximum Gasteiger partial charge on any atom is 0.242 e. The zero-order chi connectivity index (χ0) is 22.7. The SMILES string of the molecule is CCNC(=NCC1(NC(C)c2ccccc2)CCOCC1)N(C)CC(=O)N(CC)CC.I. The van der Waals surface area contributed by atoms with Crippen LogP contribution in [0.1, 0.15) is 52.1 Å². The molecule has 1 aliphatic heterocycles. The molecule has 2 N–H and O–H groups in total. The number of likely N-dealkylation sites (N-methyl/N-ethyl adjacent to an activating group) is 2. The molecular formula is C24H42IN5O2. The fraction of sp³-hybridized carbons (Fsp3) is 0.667. The number of halogens is 1. The molecule has 7 nitrogen and oxygen atoms in total. The number of ether oxygens (including phenoxy) is 1. The molecule has 0 bridgehead atoms. The van der Waals surface area contributed by atoms with Gasteiger partial charge in [0, 0.05) is 51.5 Å². The van der Waals surface area contributed by atoms with Gasteiger partial charge in [-0.3, -0.25) is 9.79 Å². The van der Waals surface area contributed by atoms with Crippen LogP contribution < -0.4 is 10.6 Å². The monoisotopic (exact) mass is 559 g/mol. The maximum atomic E-state index is 12.6. The minimum atomic E-state index is -0.127. The summed E-state index contributed by atoms with van der Waals surface area (Å²) in [5.74, 6) is 0.887. The highest BCUT2D eigenvalue weighted by Gasteiger charge is 2.34. The van der Waals surface area contributed by atoms with E-state index in [-0.39, 0.29) is 41.5 Å². The van der Waals surface area contributed by atoms with E-state index in [9.17, 15) is 4.79 Å². The summed E-state index contributed by atoms with van der Waals surface area (Å²) in [6.45, 7) is 12.9. The van der Waals surface area contributed by atoms with Gasteiger partial charge >= 0.3 is 0 Å². The third-order valence-corrected chi connectivity index (χ3v) is 5.99. The van der Waals surface area contributed by atoms with E-state index in [1.165, 1.54) is 5.56 Å². The second-order valence-electron chi connectivity index (χ2n) is 8.26. The van der Waals surface area contributed by atoms with Gasteiger partial charge in [-0.1, -0.05) is 30.3 Å². The van der Waals surface area contributed by atoms with E-state index in [1.54, 1.807) is 0 Å². The van der Waals surface area contributed by atoms with Gasteiger partial charge in [0.2, 0.25) is 5.91 Å². The van der Waals surface area contributed by atoms with Gasteiger partial charge in [0.05, 0.1) is 13.1 Å². The molecule has 2 rings (SSSR count). The highest BCUT2D eigenvalue weighted by molar-refractivity contribution is 14.0. The van der Waals surface area contributed by atoms with E-state index >= 15 is 0 Å². The number of nitrogens with one attached hydrogen (secondary N) is 2. The predicted molar refractivity (Wildman–Crippen MR) is 143 cm³/mol. The zero-order valence-corrected chi connectivity index (χ0v) is 22.7. The van der Waals surface area contributed by atoms with Gasteiger partial charge in [-0.05, 0) is 46.1 Å². The Kier molecular flexibility index (Phi) is 13.2. The van der Waals surface area contributed by atoms with Crippen molar-refractivity contribution in [1.29, 1.82) is 0 Å². The van der Waals surface area contributed by atoms with Crippen LogP contribution in [0.4, 0.5) is 0 Å². The number of rotatable bonds is 10. The Morgan fingerprint density at radius 1 is 1.16 bits per heavy atom. The maximum absolute atomic E-state index is 12.6. The molecular weight excluding hydrogens is 517 g/mol. The summed E-state index contributed by atoms with van der Waals surface area (Å²) in [6, 6.07) is 10.7. The summed E-state index contributed by atoms with van der Waals surface area (Å²) in [5.41, 5.74) is 1.14. The van der Waals surface area contributed by atoms with Gasteiger partial charge in [-0.15, -0.1) is 24.0 Å². The first kappa shape index (κ1) is 28.6. The summed E-state index contributed by atoms with van der Waals surface area (Å²) in [7, 11) is 1.93. The van der Waals surface area contributed by atoms with Crippen LogP contribution in [0.3, 0.4) is 0 Å². The van der Waals surface area contributed by atoms with Crippen LogP contribution in [0.25, 0.3) is 0 Å². The third-order valence-electron chi connectivity index (χ3n) is 5.99. The molecule has 0 radical (unpaired) electrons. The summed E-state index contributed by atoms with van der Waals surface area (Å²) >= 11 is 0. The van der Waals surface area contributed by atoms with Gasteiger partial charge < -0.3 is 25.2 Å². The number of amides is 1. The average molecular weight is 560 g/mol. The second kappa shape index (κ2) is 14.7. The van der Waals surface area contributed by atoms with Crippen molar-refractivity contribution in [2.45, 2.75) is 52.1 Å². The third kappa shape index (κ3) is 8.51. The molecule has 1 aliphatic rings. The van der Waals surface area contributed by atoms with Crippen molar-refractivity contribution in [3.8, 4) is 0 Å². The quantitative estimate of drug-likeness (QED) is 0.262. The number of hydrogen-bond acceptors (Lipinski definition) is 4. The zero-order valence-electron chi connectivity index (χ0n) is 20.4. The normalized spacial score (nSPS) is 16.6. The highest BCUT2D eigenvalue weighted by Crippen LogP contribution is 2.26. The van der Waals surface area contributed by atoms with Crippen LogP contribution in [0.15, 0.2) is 35.3 Å². The molecule has 8 heteroatoms.